The summed E-state index contributed by atoms with van der Waals surface area (Å²) >= 11 is 7.64. The van der Waals surface area contributed by atoms with Crippen molar-refractivity contribution < 1.29 is 9.53 Å². The number of aryl methyl sites for hydroxylation is 1. The molecule has 0 aliphatic heterocycles. The van der Waals surface area contributed by atoms with Crippen LogP contribution in [-0.4, -0.2) is 23.7 Å². The molecule has 4 rings (SSSR count). The number of carbonyl (C=O) groups is 1. The molecule has 4 aromatic rings. The molecule has 1 aromatic heterocycles. The fraction of sp³-hybridized carbons (Fsp3) is 0.0769. The summed E-state index contributed by atoms with van der Waals surface area (Å²) < 4.78 is 5.20. The summed E-state index contributed by atoms with van der Waals surface area (Å²) in [7, 11) is 0. The molecule has 3 aromatic carbocycles. The third-order valence-electron chi connectivity index (χ3n) is 4.88. The van der Waals surface area contributed by atoms with Crippen LogP contribution in [0.5, 0.6) is 5.75 Å². The summed E-state index contributed by atoms with van der Waals surface area (Å²) in [6, 6.07) is 22.2. The van der Waals surface area contributed by atoms with Gasteiger partial charge >= 0.3 is 0 Å². The van der Waals surface area contributed by atoms with Crippen molar-refractivity contribution in [3.63, 3.8) is 0 Å². The van der Waals surface area contributed by atoms with Crippen molar-refractivity contribution in [2.45, 2.75) is 6.92 Å². The van der Waals surface area contributed by atoms with Crippen LogP contribution in [0.3, 0.4) is 0 Å². The van der Waals surface area contributed by atoms with Crippen molar-refractivity contribution >= 4 is 45.9 Å². The molecule has 35 heavy (non-hydrogen) atoms. The second kappa shape index (κ2) is 11.3. The first-order valence-corrected chi connectivity index (χ1v) is 11.8. The van der Waals surface area contributed by atoms with Gasteiger partial charge in [-0.25, -0.2) is 10.4 Å². The van der Waals surface area contributed by atoms with E-state index in [1.165, 1.54) is 23.1 Å². The van der Waals surface area contributed by atoms with Crippen LogP contribution in [0.15, 0.2) is 77.2 Å². The van der Waals surface area contributed by atoms with Crippen molar-refractivity contribution in [3.8, 4) is 23.1 Å². The standard InChI is InChI=1S/C26H20ClN5O2S/c1-17-2-9-21(10-3-17)30-26-31-23(16-35-26)19-5-7-20(8-6-19)25(33)32-29-15-18-4-11-24(22(27)14-18)34-13-12-28/h2-11,14-16H,13H2,1H3,(H,30,31)(H,32,33)/b29-15-. The molecule has 0 bridgehead atoms. The fourth-order valence-electron chi connectivity index (χ4n) is 3.07. The van der Waals surface area contributed by atoms with E-state index in [9.17, 15) is 4.79 Å². The lowest BCUT2D eigenvalue weighted by Crippen LogP contribution is -2.17. The number of ether oxygens (including phenoxy) is 1. The van der Waals surface area contributed by atoms with Crippen LogP contribution >= 0.6 is 22.9 Å². The number of amides is 1. The number of hydrazone groups is 1. The lowest BCUT2D eigenvalue weighted by atomic mass is 10.1. The maximum Gasteiger partial charge on any atom is 0.271 e. The third kappa shape index (κ3) is 6.44. The predicted octanol–water partition coefficient (Wildman–Crippen LogP) is 6.18. The monoisotopic (exact) mass is 501 g/mol. The van der Waals surface area contributed by atoms with E-state index in [0.29, 0.717) is 21.9 Å². The van der Waals surface area contributed by atoms with Crippen molar-refractivity contribution in [3.05, 3.63) is 93.8 Å². The summed E-state index contributed by atoms with van der Waals surface area (Å²) in [5.41, 5.74) is 7.56. The maximum atomic E-state index is 12.4. The van der Waals surface area contributed by atoms with Gasteiger partial charge in [-0.15, -0.1) is 11.3 Å². The van der Waals surface area contributed by atoms with E-state index >= 15 is 0 Å². The molecule has 0 aliphatic rings. The lowest BCUT2D eigenvalue weighted by molar-refractivity contribution is 0.0955. The predicted molar refractivity (Wildman–Crippen MR) is 140 cm³/mol. The largest absolute Gasteiger partial charge is 0.477 e. The van der Waals surface area contributed by atoms with Crippen LogP contribution in [0.4, 0.5) is 10.8 Å². The van der Waals surface area contributed by atoms with E-state index < -0.39 is 0 Å². The van der Waals surface area contributed by atoms with Gasteiger partial charge in [-0.1, -0.05) is 41.4 Å². The zero-order valence-electron chi connectivity index (χ0n) is 18.7. The Balaban J connectivity index is 1.34. The first-order chi connectivity index (χ1) is 17.0. The molecular weight excluding hydrogens is 482 g/mol. The Morgan fingerprint density at radius 1 is 1.17 bits per heavy atom. The smallest absolute Gasteiger partial charge is 0.271 e. The topological polar surface area (TPSA) is 99.4 Å². The first-order valence-electron chi connectivity index (χ1n) is 10.5. The van der Waals surface area contributed by atoms with E-state index in [1.54, 1.807) is 30.3 Å². The molecule has 2 N–H and O–H groups in total. The third-order valence-corrected chi connectivity index (χ3v) is 5.93. The van der Waals surface area contributed by atoms with E-state index in [1.807, 2.05) is 54.8 Å². The molecule has 174 valence electrons. The molecule has 0 fully saturated rings. The molecule has 0 unspecified atom stereocenters. The summed E-state index contributed by atoms with van der Waals surface area (Å²) in [6.07, 6.45) is 1.48. The van der Waals surface area contributed by atoms with E-state index in [2.05, 4.69) is 20.8 Å². The number of benzene rings is 3. The number of thiazole rings is 1. The second-order valence-corrected chi connectivity index (χ2v) is 8.71. The van der Waals surface area contributed by atoms with Gasteiger partial charge in [0.05, 0.1) is 16.9 Å². The van der Waals surface area contributed by atoms with E-state index in [4.69, 9.17) is 21.6 Å². The normalized spacial score (nSPS) is 10.7. The molecule has 0 spiro atoms. The molecule has 1 heterocycles. The van der Waals surface area contributed by atoms with Gasteiger partial charge in [0.15, 0.2) is 11.7 Å². The highest BCUT2D eigenvalue weighted by molar-refractivity contribution is 7.14. The van der Waals surface area contributed by atoms with Crippen LogP contribution < -0.4 is 15.5 Å². The number of hydrogen-bond acceptors (Lipinski definition) is 7. The number of nitrogens with one attached hydrogen (secondary N) is 2. The zero-order valence-corrected chi connectivity index (χ0v) is 20.2. The Bertz CT molecular complexity index is 1390. The number of hydrogen-bond donors (Lipinski definition) is 2. The average molecular weight is 502 g/mol. The number of nitrogens with zero attached hydrogens (tertiary/aromatic N) is 3. The van der Waals surface area contributed by atoms with E-state index in [0.717, 1.165) is 22.1 Å². The van der Waals surface area contributed by atoms with Gasteiger partial charge in [-0.2, -0.15) is 10.4 Å². The number of anilines is 2. The van der Waals surface area contributed by atoms with Gasteiger partial charge in [0.2, 0.25) is 0 Å². The lowest BCUT2D eigenvalue weighted by Gasteiger charge is -2.05. The molecular formula is C26H20ClN5O2S. The molecule has 7 nitrogen and oxygen atoms in total. The quantitative estimate of drug-likeness (QED) is 0.222. The van der Waals surface area contributed by atoms with Gasteiger partial charge < -0.3 is 10.1 Å². The fourth-order valence-corrected chi connectivity index (χ4v) is 4.05. The van der Waals surface area contributed by atoms with Gasteiger partial charge in [0.25, 0.3) is 5.91 Å². The zero-order chi connectivity index (χ0) is 24.6. The number of halogens is 1. The Labute approximate surface area is 211 Å². The van der Waals surface area contributed by atoms with Gasteiger partial charge in [0.1, 0.15) is 11.8 Å². The Morgan fingerprint density at radius 2 is 1.94 bits per heavy atom. The number of carbonyl (C=O) groups excluding carboxylic acids is 1. The number of aromatic nitrogens is 1. The SMILES string of the molecule is Cc1ccc(Nc2nc(-c3ccc(C(=O)N/N=C\c4ccc(OCC#N)c(Cl)c4)cc3)cs2)cc1. The van der Waals surface area contributed by atoms with Crippen LogP contribution in [0, 0.1) is 18.3 Å². The van der Waals surface area contributed by atoms with Crippen molar-refractivity contribution in [2.75, 3.05) is 11.9 Å². The van der Waals surface area contributed by atoms with Crippen molar-refractivity contribution in [1.29, 1.82) is 5.26 Å². The highest BCUT2D eigenvalue weighted by atomic mass is 35.5. The minimum atomic E-state index is -0.340. The molecule has 0 saturated heterocycles. The Morgan fingerprint density at radius 3 is 2.66 bits per heavy atom. The average Bonchev–Trinajstić information content (AvgIpc) is 3.33. The minimum absolute atomic E-state index is 0.0873. The second-order valence-electron chi connectivity index (χ2n) is 7.44. The highest BCUT2D eigenvalue weighted by Gasteiger charge is 2.08. The summed E-state index contributed by atoms with van der Waals surface area (Å²) in [5.74, 6) is 0.0699. The van der Waals surface area contributed by atoms with E-state index in [-0.39, 0.29) is 12.5 Å². The highest BCUT2D eigenvalue weighted by Crippen LogP contribution is 2.28. The summed E-state index contributed by atoms with van der Waals surface area (Å²) in [5, 5.41) is 19.0. The first kappa shape index (κ1) is 24.0. The maximum absolute atomic E-state index is 12.4. The Hall–Kier alpha value is -4.19. The van der Waals surface area contributed by atoms with Gasteiger partial charge in [-0.05, 0) is 55.0 Å². The van der Waals surface area contributed by atoms with Crippen LogP contribution in [0.1, 0.15) is 21.5 Å². The molecule has 1 amide bonds. The number of nitriles is 1. The molecule has 0 radical (unpaired) electrons. The van der Waals surface area contributed by atoms with Crippen molar-refractivity contribution in [1.82, 2.24) is 10.4 Å². The molecule has 0 atom stereocenters. The van der Waals surface area contributed by atoms with Crippen LogP contribution in [0.25, 0.3) is 11.3 Å². The molecule has 0 aliphatic carbocycles. The summed E-state index contributed by atoms with van der Waals surface area (Å²) in [6.45, 7) is 1.96. The molecule has 9 heteroatoms. The van der Waals surface area contributed by atoms with Gasteiger partial charge in [0, 0.05) is 22.2 Å². The molecule has 0 saturated carbocycles. The summed E-state index contributed by atoms with van der Waals surface area (Å²) in [4.78, 5) is 17.1. The minimum Gasteiger partial charge on any atom is -0.477 e. The van der Waals surface area contributed by atoms with Crippen LogP contribution in [0.2, 0.25) is 5.02 Å². The van der Waals surface area contributed by atoms with Crippen LogP contribution in [-0.2, 0) is 0 Å². The Kier molecular flexibility index (Phi) is 7.73. The number of rotatable bonds is 8. The van der Waals surface area contributed by atoms with Gasteiger partial charge in [-0.3, -0.25) is 4.79 Å². The van der Waals surface area contributed by atoms with Crippen molar-refractivity contribution in [2.24, 2.45) is 5.10 Å².